The summed E-state index contributed by atoms with van der Waals surface area (Å²) in [6.07, 6.45) is -6.79. The van der Waals surface area contributed by atoms with Crippen molar-refractivity contribution in [1.82, 2.24) is 0 Å². The van der Waals surface area contributed by atoms with Crippen molar-refractivity contribution in [2.24, 2.45) is 0 Å². The van der Waals surface area contributed by atoms with Crippen molar-refractivity contribution in [2.75, 3.05) is 26.6 Å². The minimum absolute atomic E-state index is 0.371. The van der Waals surface area contributed by atoms with E-state index in [4.69, 9.17) is 19.9 Å². The van der Waals surface area contributed by atoms with Gasteiger partial charge in [0.15, 0.2) is 12.2 Å². The number of carbonyl (C=O) groups excluding carboxylic acids is 1. The number of methoxy groups -OCH3 is 2. The van der Waals surface area contributed by atoms with Crippen LogP contribution < -0.4 is 5.73 Å². The van der Waals surface area contributed by atoms with Crippen LogP contribution in [0.1, 0.15) is 5.56 Å². The maximum absolute atomic E-state index is 11.4. The smallest absolute Gasteiger partial charge is 0.438 e. The number of rotatable bonds is 4. The average molecular weight is 343 g/mol. The van der Waals surface area contributed by atoms with Crippen LogP contribution in [0.4, 0.5) is 10.5 Å². The number of nitrogen functional groups attached to an aromatic ring is 1. The van der Waals surface area contributed by atoms with Gasteiger partial charge in [0.1, 0.15) is 12.2 Å². The Labute approximate surface area is 138 Å². The van der Waals surface area contributed by atoms with Gasteiger partial charge in [-0.3, -0.25) is 0 Å². The van der Waals surface area contributed by atoms with Gasteiger partial charge in [0.25, 0.3) is 0 Å². The van der Waals surface area contributed by atoms with Gasteiger partial charge in [0.05, 0.1) is 13.7 Å². The second kappa shape index (κ2) is 7.32. The molecule has 5 atom stereocenters. The van der Waals surface area contributed by atoms with Crippen LogP contribution in [-0.2, 0) is 24.7 Å². The Kier molecular flexibility index (Phi) is 5.62. The Morgan fingerprint density at radius 1 is 1.29 bits per heavy atom. The van der Waals surface area contributed by atoms with Gasteiger partial charge in [-0.15, -0.1) is 0 Å². The first kappa shape index (κ1) is 18.4. The molecule has 9 heteroatoms. The number of anilines is 1. The molecule has 9 nitrogen and oxygen atoms in total. The van der Waals surface area contributed by atoms with E-state index in [1.807, 2.05) is 0 Å². The number of ether oxygens (including phenoxy) is 4. The molecule has 0 unspecified atom stereocenters. The van der Waals surface area contributed by atoms with Crippen molar-refractivity contribution >= 4 is 11.8 Å². The Morgan fingerprint density at radius 2 is 1.92 bits per heavy atom. The molecule has 0 aliphatic carbocycles. The third-order valence-corrected chi connectivity index (χ3v) is 3.94. The van der Waals surface area contributed by atoms with E-state index in [1.54, 1.807) is 24.3 Å². The van der Waals surface area contributed by atoms with Crippen LogP contribution in [-0.4, -0.2) is 66.7 Å². The molecule has 1 fully saturated rings. The molecule has 1 aromatic rings. The minimum Gasteiger partial charge on any atom is -0.438 e. The van der Waals surface area contributed by atoms with Gasteiger partial charge in [0, 0.05) is 18.4 Å². The second-order valence-corrected chi connectivity index (χ2v) is 5.30. The van der Waals surface area contributed by atoms with E-state index < -0.39 is 43.0 Å². The largest absolute Gasteiger partial charge is 0.508 e. The molecule has 0 radical (unpaired) electrons. The van der Waals surface area contributed by atoms with E-state index in [0.29, 0.717) is 11.3 Å². The van der Waals surface area contributed by atoms with Crippen LogP contribution in [0.2, 0.25) is 0 Å². The van der Waals surface area contributed by atoms with Gasteiger partial charge in [-0.25, -0.2) is 4.79 Å². The molecule has 0 aromatic heterocycles. The minimum atomic E-state index is -1.78. The molecule has 134 valence electrons. The van der Waals surface area contributed by atoms with Gasteiger partial charge < -0.3 is 40.0 Å². The molecule has 0 saturated carbocycles. The lowest BCUT2D eigenvalue weighted by molar-refractivity contribution is -0.366. The molecule has 1 aliphatic heterocycles. The van der Waals surface area contributed by atoms with Crippen molar-refractivity contribution in [1.29, 1.82) is 0 Å². The lowest BCUT2D eigenvalue weighted by Gasteiger charge is -2.48. The highest BCUT2D eigenvalue weighted by molar-refractivity contribution is 5.60. The maximum atomic E-state index is 11.4. The van der Waals surface area contributed by atoms with Gasteiger partial charge in [-0.05, 0) is 12.1 Å². The molecule has 0 bridgehead atoms. The fourth-order valence-electron chi connectivity index (χ4n) is 2.66. The number of hydrogen-bond acceptors (Lipinski definition) is 9. The van der Waals surface area contributed by atoms with Crippen LogP contribution in [0.25, 0.3) is 0 Å². The van der Waals surface area contributed by atoms with Gasteiger partial charge in [-0.2, -0.15) is 0 Å². The van der Waals surface area contributed by atoms with Crippen molar-refractivity contribution in [3.8, 4) is 0 Å². The molecular weight excluding hydrogens is 322 g/mol. The van der Waals surface area contributed by atoms with Crippen LogP contribution in [0, 0.1) is 0 Å². The van der Waals surface area contributed by atoms with Crippen LogP contribution in [0.5, 0.6) is 0 Å². The SMILES string of the molecule is COC(=O)O[C@H]1[C@H](O)[C@@H](CO)O[C@@](OC)(c2ccc(N)cc2)[C@H]1O. The molecule has 1 heterocycles. The first-order valence-electron chi connectivity index (χ1n) is 7.20. The molecule has 0 amide bonds. The molecule has 5 N–H and O–H groups in total. The van der Waals surface area contributed by atoms with Crippen molar-refractivity contribution < 1.29 is 39.1 Å². The maximum Gasteiger partial charge on any atom is 0.508 e. The number of benzene rings is 1. The first-order valence-corrected chi connectivity index (χ1v) is 7.20. The lowest BCUT2D eigenvalue weighted by atomic mass is 9.87. The fourth-order valence-corrected chi connectivity index (χ4v) is 2.66. The average Bonchev–Trinajstić information content (AvgIpc) is 2.60. The first-order chi connectivity index (χ1) is 11.4. The molecular formula is C15H21NO8. The Morgan fingerprint density at radius 3 is 2.42 bits per heavy atom. The van der Waals surface area contributed by atoms with Crippen molar-refractivity contribution in [2.45, 2.75) is 30.2 Å². The Balaban J connectivity index is 2.45. The van der Waals surface area contributed by atoms with Crippen molar-refractivity contribution in [3.05, 3.63) is 29.8 Å². The molecule has 1 saturated heterocycles. The number of nitrogens with two attached hydrogens (primary N) is 1. The second-order valence-electron chi connectivity index (χ2n) is 5.30. The number of aliphatic hydroxyl groups is 3. The van der Waals surface area contributed by atoms with Gasteiger partial charge >= 0.3 is 6.16 Å². The van der Waals surface area contributed by atoms with E-state index in [2.05, 4.69) is 4.74 Å². The summed E-state index contributed by atoms with van der Waals surface area (Å²) < 4.78 is 20.3. The van der Waals surface area contributed by atoms with E-state index in [0.717, 1.165) is 7.11 Å². The number of aliphatic hydroxyl groups excluding tert-OH is 3. The quantitative estimate of drug-likeness (QED) is 0.414. The van der Waals surface area contributed by atoms with E-state index >= 15 is 0 Å². The number of carbonyl (C=O) groups is 1. The molecule has 24 heavy (non-hydrogen) atoms. The van der Waals surface area contributed by atoms with Gasteiger partial charge in [0.2, 0.25) is 5.79 Å². The Hall–Kier alpha value is -1.91. The van der Waals surface area contributed by atoms with Crippen LogP contribution in [0.3, 0.4) is 0 Å². The summed E-state index contributed by atoms with van der Waals surface area (Å²) in [6, 6.07) is 6.26. The monoisotopic (exact) mass is 343 g/mol. The highest BCUT2D eigenvalue weighted by atomic mass is 16.8. The highest BCUT2D eigenvalue weighted by Crippen LogP contribution is 2.40. The highest BCUT2D eigenvalue weighted by Gasteiger charge is 2.57. The third-order valence-electron chi connectivity index (χ3n) is 3.94. The molecule has 0 spiro atoms. The Bertz CT molecular complexity index is 565. The topological polar surface area (TPSA) is 141 Å². The summed E-state index contributed by atoms with van der Waals surface area (Å²) >= 11 is 0. The zero-order valence-electron chi connectivity index (χ0n) is 13.3. The normalized spacial score (nSPS) is 33.0. The fraction of sp³-hybridized carbons (Fsp3) is 0.533. The van der Waals surface area contributed by atoms with E-state index in [-0.39, 0.29) is 0 Å². The standard InChI is InChI=1S/C15H21NO8/c1-21-14(20)23-12-11(18)10(7-17)24-15(22-2,13(12)19)8-3-5-9(16)6-4-8/h3-6,10-13,17-19H,7,16H2,1-2H3/t10-,11-,12+,13+,15+/m1/s1. The third kappa shape index (κ3) is 3.17. The predicted molar refractivity (Wildman–Crippen MR) is 80.8 cm³/mol. The molecule has 1 aromatic carbocycles. The lowest BCUT2D eigenvalue weighted by Crippen LogP contribution is -2.65. The summed E-state index contributed by atoms with van der Waals surface area (Å²) in [5, 5.41) is 30.3. The number of hydrogen-bond donors (Lipinski definition) is 4. The zero-order valence-corrected chi connectivity index (χ0v) is 13.3. The molecule has 2 rings (SSSR count). The summed E-state index contributed by atoms with van der Waals surface area (Å²) in [7, 11) is 2.37. The summed E-state index contributed by atoms with van der Waals surface area (Å²) in [6.45, 7) is -0.588. The summed E-state index contributed by atoms with van der Waals surface area (Å²) in [4.78, 5) is 11.4. The van der Waals surface area contributed by atoms with Crippen molar-refractivity contribution in [3.63, 3.8) is 0 Å². The molecule has 1 aliphatic rings. The van der Waals surface area contributed by atoms with Crippen LogP contribution >= 0.6 is 0 Å². The van der Waals surface area contributed by atoms with Gasteiger partial charge in [-0.1, -0.05) is 12.1 Å². The van der Waals surface area contributed by atoms with E-state index in [1.165, 1.54) is 7.11 Å². The van der Waals surface area contributed by atoms with E-state index in [9.17, 15) is 20.1 Å². The summed E-state index contributed by atoms with van der Waals surface area (Å²) in [5.74, 6) is -1.78. The predicted octanol–water partition coefficient (Wildman–Crippen LogP) is -0.668. The van der Waals surface area contributed by atoms with Crippen LogP contribution in [0.15, 0.2) is 24.3 Å². The zero-order chi connectivity index (χ0) is 17.9. The summed E-state index contributed by atoms with van der Waals surface area (Å²) in [5.41, 5.74) is 6.51.